The van der Waals surface area contributed by atoms with Crippen LogP contribution in [0.5, 0.6) is 5.75 Å². The van der Waals surface area contributed by atoms with Crippen LogP contribution < -0.4 is 26.2 Å². The van der Waals surface area contributed by atoms with E-state index in [2.05, 4.69) is 21.5 Å². The van der Waals surface area contributed by atoms with E-state index in [1.165, 1.54) is 0 Å². The number of rotatable bonds is 7. The van der Waals surface area contributed by atoms with E-state index in [9.17, 15) is 9.59 Å². The summed E-state index contributed by atoms with van der Waals surface area (Å²) in [6.07, 6.45) is -0.808. The lowest BCUT2D eigenvalue weighted by atomic mass is 10.2. The summed E-state index contributed by atoms with van der Waals surface area (Å²) in [7, 11) is 1.63. The number of methoxy groups -OCH3 is 1. The smallest absolute Gasteiger partial charge is 0.330 e. The van der Waals surface area contributed by atoms with Gasteiger partial charge in [-0.3, -0.25) is 10.2 Å². The van der Waals surface area contributed by atoms with Gasteiger partial charge < -0.3 is 20.1 Å². The summed E-state index contributed by atoms with van der Waals surface area (Å²) < 4.78 is 10.8. The molecule has 8 nitrogen and oxygen atoms in total. The van der Waals surface area contributed by atoms with Gasteiger partial charge in [-0.1, -0.05) is 24.3 Å². The topological polar surface area (TPSA) is 101 Å². The van der Waals surface area contributed by atoms with Crippen LogP contribution in [0, 0.1) is 0 Å². The van der Waals surface area contributed by atoms with Gasteiger partial charge in [-0.2, -0.15) is 0 Å². The molecule has 8 heteroatoms. The van der Waals surface area contributed by atoms with Crippen molar-refractivity contribution >= 4 is 17.6 Å². The molecule has 1 saturated heterocycles. The zero-order valence-corrected chi connectivity index (χ0v) is 14.2. The van der Waals surface area contributed by atoms with Crippen molar-refractivity contribution in [2.45, 2.75) is 19.4 Å². The molecule has 0 saturated carbocycles. The normalized spacial score (nSPS) is 15.9. The molecule has 136 valence electrons. The third kappa shape index (κ3) is 4.71. The Morgan fingerprint density at radius 3 is 2.58 bits per heavy atom. The lowest BCUT2D eigenvalue weighted by Crippen LogP contribution is -2.44. The van der Waals surface area contributed by atoms with Crippen LogP contribution in [-0.4, -0.2) is 25.2 Å². The minimum absolute atomic E-state index is 0.361. The molecular weight excluding hydrogens is 336 g/mol. The molecule has 2 aromatic carbocycles. The third-order valence-electron chi connectivity index (χ3n) is 3.76. The summed E-state index contributed by atoms with van der Waals surface area (Å²) in [5.41, 5.74) is 7.46. The Kier molecular flexibility index (Phi) is 5.67. The lowest BCUT2D eigenvalue weighted by molar-refractivity contribution is -0.118. The predicted octanol–water partition coefficient (Wildman–Crippen LogP) is 1.49. The van der Waals surface area contributed by atoms with E-state index < -0.39 is 12.2 Å². The van der Waals surface area contributed by atoms with Crippen LogP contribution in [0.2, 0.25) is 0 Å². The Labute approximate surface area is 150 Å². The van der Waals surface area contributed by atoms with E-state index >= 15 is 0 Å². The molecule has 1 unspecified atom stereocenters. The minimum atomic E-state index is -0.808. The number of anilines is 1. The van der Waals surface area contributed by atoms with Gasteiger partial charge in [0, 0.05) is 5.69 Å². The highest BCUT2D eigenvalue weighted by atomic mass is 16.5. The van der Waals surface area contributed by atoms with Crippen molar-refractivity contribution in [2.24, 2.45) is 0 Å². The summed E-state index contributed by atoms with van der Waals surface area (Å²) >= 11 is 0. The van der Waals surface area contributed by atoms with Crippen LogP contribution in [0.4, 0.5) is 10.5 Å². The zero-order valence-electron chi connectivity index (χ0n) is 14.2. The number of ether oxygens (including phenoxy) is 2. The van der Waals surface area contributed by atoms with Crippen LogP contribution in [0.15, 0.2) is 48.5 Å². The Balaban J connectivity index is 1.50. The summed E-state index contributed by atoms with van der Waals surface area (Å²) in [5.74, 6) is 0.444. The number of amides is 3. The van der Waals surface area contributed by atoms with Gasteiger partial charge in [0.05, 0.1) is 20.3 Å². The number of hydrogen-bond acceptors (Lipinski definition) is 5. The highest BCUT2D eigenvalue weighted by Gasteiger charge is 2.26. The van der Waals surface area contributed by atoms with E-state index in [4.69, 9.17) is 9.47 Å². The standard InChI is InChI=1S/C18H20N4O4/c1-25-15-7-5-12(6-8-15)10-26-11-13-3-2-4-14(9-13)19-17(23)16-20-18(24)22-21-16/h2-9,16,21H,10-11H2,1H3,(H,19,23)(H2,20,22,24). The third-order valence-corrected chi connectivity index (χ3v) is 3.76. The molecule has 1 fully saturated rings. The molecule has 2 aromatic rings. The van der Waals surface area contributed by atoms with Gasteiger partial charge >= 0.3 is 6.03 Å². The van der Waals surface area contributed by atoms with Gasteiger partial charge in [-0.25, -0.2) is 10.2 Å². The fourth-order valence-corrected chi connectivity index (χ4v) is 2.43. The van der Waals surface area contributed by atoms with Gasteiger partial charge in [-0.15, -0.1) is 0 Å². The number of nitrogens with one attached hydrogen (secondary N) is 4. The molecule has 0 aliphatic carbocycles. The largest absolute Gasteiger partial charge is 0.497 e. The highest BCUT2D eigenvalue weighted by Crippen LogP contribution is 2.15. The number of benzene rings is 2. The highest BCUT2D eigenvalue weighted by molar-refractivity contribution is 5.98. The molecule has 0 aromatic heterocycles. The van der Waals surface area contributed by atoms with E-state index in [1.807, 2.05) is 42.5 Å². The quantitative estimate of drug-likeness (QED) is 0.602. The van der Waals surface area contributed by atoms with Crippen molar-refractivity contribution in [1.29, 1.82) is 0 Å². The molecule has 4 N–H and O–H groups in total. The van der Waals surface area contributed by atoms with Crippen molar-refractivity contribution in [2.75, 3.05) is 12.4 Å². The maximum absolute atomic E-state index is 12.1. The summed E-state index contributed by atoms with van der Waals surface area (Å²) in [5, 5.41) is 5.18. The number of hydrogen-bond donors (Lipinski definition) is 4. The fourth-order valence-electron chi connectivity index (χ4n) is 2.43. The Morgan fingerprint density at radius 1 is 1.12 bits per heavy atom. The molecule has 3 rings (SSSR count). The molecule has 26 heavy (non-hydrogen) atoms. The van der Waals surface area contributed by atoms with Gasteiger partial charge in [0.1, 0.15) is 5.75 Å². The van der Waals surface area contributed by atoms with Crippen LogP contribution >= 0.6 is 0 Å². The van der Waals surface area contributed by atoms with Crippen molar-refractivity contribution in [3.63, 3.8) is 0 Å². The summed E-state index contributed by atoms with van der Waals surface area (Å²) in [6.45, 7) is 0.889. The van der Waals surface area contributed by atoms with Crippen LogP contribution in [0.1, 0.15) is 11.1 Å². The van der Waals surface area contributed by atoms with Crippen molar-refractivity contribution in [3.8, 4) is 5.75 Å². The predicted molar refractivity (Wildman–Crippen MR) is 95.1 cm³/mol. The lowest BCUT2D eigenvalue weighted by Gasteiger charge is -2.11. The summed E-state index contributed by atoms with van der Waals surface area (Å²) in [6, 6.07) is 14.6. The minimum Gasteiger partial charge on any atom is -0.497 e. The first-order valence-corrected chi connectivity index (χ1v) is 8.06. The van der Waals surface area contributed by atoms with Gasteiger partial charge in [0.25, 0.3) is 5.91 Å². The molecular formula is C18H20N4O4. The molecule has 1 aliphatic rings. The molecule has 0 spiro atoms. The fraction of sp³-hybridized carbons (Fsp3) is 0.222. The first kappa shape index (κ1) is 17.7. The second kappa shape index (κ2) is 8.32. The van der Waals surface area contributed by atoms with Gasteiger partial charge in [-0.05, 0) is 35.4 Å². The average Bonchev–Trinajstić information content (AvgIpc) is 3.09. The van der Waals surface area contributed by atoms with E-state index in [1.54, 1.807) is 13.2 Å². The Hall–Kier alpha value is -3.10. The van der Waals surface area contributed by atoms with Crippen LogP contribution in [0.25, 0.3) is 0 Å². The Bertz CT molecular complexity index is 779. The van der Waals surface area contributed by atoms with Crippen molar-refractivity contribution < 1.29 is 19.1 Å². The number of carbonyl (C=O) groups is 2. The van der Waals surface area contributed by atoms with Crippen LogP contribution in [0.3, 0.4) is 0 Å². The van der Waals surface area contributed by atoms with Gasteiger partial charge in [0.15, 0.2) is 6.17 Å². The monoisotopic (exact) mass is 356 g/mol. The summed E-state index contributed by atoms with van der Waals surface area (Å²) in [4.78, 5) is 23.1. The van der Waals surface area contributed by atoms with Crippen molar-refractivity contribution in [1.82, 2.24) is 16.2 Å². The van der Waals surface area contributed by atoms with Crippen LogP contribution in [-0.2, 0) is 22.7 Å². The second-order valence-corrected chi connectivity index (χ2v) is 5.71. The van der Waals surface area contributed by atoms with E-state index in [0.717, 1.165) is 16.9 Å². The molecule has 0 bridgehead atoms. The molecule has 1 atom stereocenters. The molecule has 1 aliphatic heterocycles. The maximum atomic E-state index is 12.1. The van der Waals surface area contributed by atoms with Crippen molar-refractivity contribution in [3.05, 3.63) is 59.7 Å². The maximum Gasteiger partial charge on any atom is 0.330 e. The van der Waals surface area contributed by atoms with E-state index in [-0.39, 0.29) is 5.91 Å². The Morgan fingerprint density at radius 2 is 1.88 bits per heavy atom. The number of carbonyl (C=O) groups excluding carboxylic acids is 2. The zero-order chi connectivity index (χ0) is 18.4. The van der Waals surface area contributed by atoms with E-state index in [0.29, 0.717) is 18.9 Å². The second-order valence-electron chi connectivity index (χ2n) is 5.71. The average molecular weight is 356 g/mol. The molecule has 1 heterocycles. The number of hydrazine groups is 1. The van der Waals surface area contributed by atoms with Gasteiger partial charge in [0.2, 0.25) is 0 Å². The SMILES string of the molecule is COc1ccc(COCc2cccc(NC(=O)C3NNC(=O)N3)c2)cc1. The first-order valence-electron chi connectivity index (χ1n) is 8.06. The number of urea groups is 1. The molecule has 3 amide bonds. The molecule has 0 radical (unpaired) electrons. The first-order chi connectivity index (χ1) is 12.6.